The highest BCUT2D eigenvalue weighted by molar-refractivity contribution is 5.94. The third-order valence-corrected chi connectivity index (χ3v) is 5.28. The first-order valence-corrected chi connectivity index (χ1v) is 10.5. The van der Waals surface area contributed by atoms with Gasteiger partial charge in [0.05, 0.1) is 6.04 Å². The van der Waals surface area contributed by atoms with Gasteiger partial charge in [-0.1, -0.05) is 12.1 Å². The van der Waals surface area contributed by atoms with Gasteiger partial charge in [0.25, 0.3) is 0 Å². The molecule has 3 unspecified atom stereocenters. The highest BCUT2D eigenvalue weighted by atomic mass is 16.4. The molecule has 3 atom stereocenters. The van der Waals surface area contributed by atoms with Crippen LogP contribution < -0.4 is 22.1 Å². The van der Waals surface area contributed by atoms with Crippen LogP contribution in [0.25, 0.3) is 0 Å². The minimum Gasteiger partial charge on any atom is -0.508 e. The van der Waals surface area contributed by atoms with Crippen LogP contribution in [0.5, 0.6) is 5.75 Å². The number of carbonyl (C=O) groups excluding carboxylic acids is 4. The largest absolute Gasteiger partial charge is 0.508 e. The van der Waals surface area contributed by atoms with E-state index in [2.05, 4.69) is 10.6 Å². The van der Waals surface area contributed by atoms with Gasteiger partial charge < -0.3 is 37.2 Å². The molecule has 0 radical (unpaired) electrons. The second-order valence-electron chi connectivity index (χ2n) is 7.84. The maximum absolute atomic E-state index is 13.2. The van der Waals surface area contributed by atoms with Gasteiger partial charge in [0, 0.05) is 13.0 Å². The van der Waals surface area contributed by atoms with Gasteiger partial charge >= 0.3 is 5.97 Å². The molecule has 1 aromatic rings. The summed E-state index contributed by atoms with van der Waals surface area (Å²) < 4.78 is 0. The lowest BCUT2D eigenvalue weighted by Crippen LogP contribution is -2.56. The summed E-state index contributed by atoms with van der Waals surface area (Å²) in [5.41, 5.74) is 11.9. The van der Waals surface area contributed by atoms with Crippen molar-refractivity contribution >= 4 is 29.6 Å². The third-order valence-electron chi connectivity index (χ3n) is 5.28. The maximum Gasteiger partial charge on any atom is 0.322 e. The summed E-state index contributed by atoms with van der Waals surface area (Å²) >= 11 is 0. The van der Waals surface area contributed by atoms with Gasteiger partial charge in [-0.15, -0.1) is 0 Å². The quantitative estimate of drug-likeness (QED) is 0.220. The zero-order valence-electron chi connectivity index (χ0n) is 18.0. The van der Waals surface area contributed by atoms with Crippen LogP contribution in [0.2, 0.25) is 0 Å². The fourth-order valence-electron chi connectivity index (χ4n) is 3.59. The van der Waals surface area contributed by atoms with Crippen molar-refractivity contribution in [2.24, 2.45) is 11.5 Å². The Hall–Kier alpha value is -3.67. The molecule has 1 saturated heterocycles. The first-order valence-electron chi connectivity index (χ1n) is 10.5. The van der Waals surface area contributed by atoms with E-state index >= 15 is 0 Å². The van der Waals surface area contributed by atoms with Crippen molar-refractivity contribution in [2.45, 2.75) is 50.2 Å². The van der Waals surface area contributed by atoms with Crippen molar-refractivity contribution in [3.63, 3.8) is 0 Å². The molecule has 4 amide bonds. The highest BCUT2D eigenvalue weighted by Gasteiger charge is 2.38. The van der Waals surface area contributed by atoms with Crippen molar-refractivity contribution in [2.75, 3.05) is 13.1 Å². The Balaban J connectivity index is 2.08. The molecular formula is C21H29N5O7. The van der Waals surface area contributed by atoms with Crippen LogP contribution in [0.4, 0.5) is 0 Å². The molecule has 0 spiro atoms. The number of hydrogen-bond donors (Lipinski definition) is 6. The van der Waals surface area contributed by atoms with Gasteiger partial charge in [0.1, 0.15) is 24.4 Å². The van der Waals surface area contributed by atoms with E-state index in [-0.39, 0.29) is 31.6 Å². The fraction of sp³-hybridized carbons (Fsp3) is 0.476. The Labute approximate surface area is 190 Å². The standard InChI is InChI=1S/C21H29N5O7/c22-14(10-12-3-5-13(27)6-4-12)19(31)25-15(7-8-17(23)28)21(33)26-9-1-2-16(26)20(32)24-11-18(29)30/h3-6,14-16,27H,1-2,7-11,22H2,(H2,23,28)(H,24,32)(H,25,31)(H,29,30). The number of hydrogen-bond acceptors (Lipinski definition) is 7. The second kappa shape index (κ2) is 11.8. The van der Waals surface area contributed by atoms with Crippen LogP contribution in [0, 0.1) is 0 Å². The SMILES string of the molecule is NC(=O)CCC(NC(=O)C(N)Cc1ccc(O)cc1)C(=O)N1CCCC1C(=O)NCC(=O)O. The number of phenolic OH excluding ortho intramolecular Hbond substituents is 1. The Morgan fingerprint density at radius 3 is 2.42 bits per heavy atom. The van der Waals surface area contributed by atoms with Crippen LogP contribution in [0.15, 0.2) is 24.3 Å². The van der Waals surface area contributed by atoms with E-state index in [1.165, 1.54) is 17.0 Å². The van der Waals surface area contributed by atoms with Crippen molar-refractivity contribution in [3.05, 3.63) is 29.8 Å². The third kappa shape index (κ3) is 7.75. The number of carboxylic acid groups (broad SMARTS) is 1. The van der Waals surface area contributed by atoms with Gasteiger partial charge in [-0.3, -0.25) is 24.0 Å². The molecule has 33 heavy (non-hydrogen) atoms. The number of nitrogens with one attached hydrogen (secondary N) is 2. The topological polar surface area (TPSA) is 205 Å². The van der Waals surface area contributed by atoms with E-state index in [0.717, 1.165) is 0 Å². The number of aliphatic carboxylic acids is 1. The molecule has 0 saturated carbocycles. The Bertz CT molecular complexity index is 889. The number of nitrogens with two attached hydrogens (primary N) is 2. The van der Waals surface area contributed by atoms with Crippen LogP contribution in [0.1, 0.15) is 31.2 Å². The molecule has 1 aliphatic rings. The maximum atomic E-state index is 13.2. The number of phenols is 1. The van der Waals surface area contributed by atoms with Gasteiger partial charge in [-0.25, -0.2) is 0 Å². The first-order chi connectivity index (χ1) is 15.6. The van der Waals surface area contributed by atoms with Crippen LogP contribution in [-0.2, 0) is 30.4 Å². The average molecular weight is 463 g/mol. The average Bonchev–Trinajstić information content (AvgIpc) is 3.25. The van der Waals surface area contributed by atoms with E-state index < -0.39 is 54.3 Å². The summed E-state index contributed by atoms with van der Waals surface area (Å²) in [6.45, 7) is -0.336. The number of primary amides is 1. The lowest BCUT2D eigenvalue weighted by atomic mass is 10.0. The van der Waals surface area contributed by atoms with Crippen LogP contribution >= 0.6 is 0 Å². The molecule has 180 valence electrons. The highest BCUT2D eigenvalue weighted by Crippen LogP contribution is 2.20. The molecule has 1 heterocycles. The lowest BCUT2D eigenvalue weighted by molar-refractivity contribution is -0.143. The van der Waals surface area contributed by atoms with Crippen molar-refractivity contribution < 1.29 is 34.2 Å². The molecule has 12 nitrogen and oxygen atoms in total. The molecule has 2 rings (SSSR count). The van der Waals surface area contributed by atoms with Crippen LogP contribution in [-0.4, -0.2) is 75.9 Å². The Morgan fingerprint density at radius 1 is 1.15 bits per heavy atom. The minimum atomic E-state index is -1.21. The zero-order valence-corrected chi connectivity index (χ0v) is 18.0. The Morgan fingerprint density at radius 2 is 1.82 bits per heavy atom. The summed E-state index contributed by atoms with van der Waals surface area (Å²) in [6, 6.07) is 3.13. The van der Waals surface area contributed by atoms with Gasteiger partial charge in [0.15, 0.2) is 0 Å². The van der Waals surface area contributed by atoms with E-state index in [0.29, 0.717) is 18.4 Å². The molecular weight excluding hydrogens is 434 g/mol. The summed E-state index contributed by atoms with van der Waals surface area (Å²) in [5.74, 6) is -3.61. The second-order valence-corrected chi connectivity index (χ2v) is 7.84. The number of benzene rings is 1. The Kier molecular flexibility index (Phi) is 9.16. The van der Waals surface area contributed by atoms with Gasteiger partial charge in [-0.2, -0.15) is 0 Å². The van der Waals surface area contributed by atoms with E-state index in [1.807, 2.05) is 0 Å². The molecule has 0 aliphatic carbocycles. The zero-order chi connectivity index (χ0) is 24.5. The van der Waals surface area contributed by atoms with Crippen molar-refractivity contribution in [1.82, 2.24) is 15.5 Å². The summed E-state index contributed by atoms with van der Waals surface area (Å²) in [6.07, 6.45) is 0.758. The fourth-order valence-corrected chi connectivity index (χ4v) is 3.59. The van der Waals surface area contributed by atoms with E-state index in [9.17, 15) is 29.1 Å². The molecule has 8 N–H and O–H groups in total. The van der Waals surface area contributed by atoms with Gasteiger partial charge in [0.2, 0.25) is 23.6 Å². The molecule has 12 heteroatoms. The normalized spacial score (nSPS) is 17.1. The summed E-state index contributed by atoms with van der Waals surface area (Å²) in [5, 5.41) is 22.9. The summed E-state index contributed by atoms with van der Waals surface area (Å²) in [4.78, 5) is 61.4. The molecule has 1 aliphatic heterocycles. The number of aromatic hydroxyl groups is 1. The number of carboxylic acids is 1. The molecule has 1 aromatic carbocycles. The number of likely N-dealkylation sites (tertiary alicyclic amines) is 1. The van der Waals surface area contributed by atoms with E-state index in [4.69, 9.17) is 16.6 Å². The molecule has 0 bridgehead atoms. The predicted molar refractivity (Wildman–Crippen MR) is 116 cm³/mol. The smallest absolute Gasteiger partial charge is 0.322 e. The number of nitrogens with zero attached hydrogens (tertiary/aromatic N) is 1. The predicted octanol–water partition coefficient (Wildman–Crippen LogP) is -1.80. The van der Waals surface area contributed by atoms with Crippen molar-refractivity contribution in [1.29, 1.82) is 0 Å². The van der Waals surface area contributed by atoms with Crippen LogP contribution in [0.3, 0.4) is 0 Å². The molecule has 1 fully saturated rings. The first kappa shape index (κ1) is 25.6. The number of carbonyl (C=O) groups is 5. The minimum absolute atomic E-state index is 0.0708. The molecule has 0 aromatic heterocycles. The summed E-state index contributed by atoms with van der Waals surface area (Å²) in [7, 11) is 0. The van der Waals surface area contributed by atoms with Gasteiger partial charge in [-0.05, 0) is 43.4 Å². The monoisotopic (exact) mass is 463 g/mol. The van der Waals surface area contributed by atoms with E-state index in [1.54, 1.807) is 12.1 Å². The number of rotatable bonds is 11. The van der Waals surface area contributed by atoms with Crippen molar-refractivity contribution in [3.8, 4) is 5.75 Å². The number of amides is 4. The lowest BCUT2D eigenvalue weighted by Gasteiger charge is -2.29.